The third-order valence-electron chi connectivity index (χ3n) is 3.03. The highest BCUT2D eigenvalue weighted by Crippen LogP contribution is 2.28. The van der Waals surface area contributed by atoms with Gasteiger partial charge < -0.3 is 14.5 Å². The Morgan fingerprint density at radius 1 is 1.26 bits per heavy atom. The molecule has 0 radical (unpaired) electrons. The first-order valence-electron chi connectivity index (χ1n) is 6.76. The maximum absolute atomic E-state index is 12.0. The van der Waals surface area contributed by atoms with E-state index in [9.17, 15) is 4.79 Å². The molecule has 0 saturated carbocycles. The maximum atomic E-state index is 12.0. The number of nitrogens with one attached hydrogen (secondary N) is 1. The Balaban J connectivity index is 1.63. The third-order valence-corrected chi connectivity index (χ3v) is 4.14. The van der Waals surface area contributed by atoms with Crippen LogP contribution in [0.1, 0.15) is 5.89 Å². The number of halogens is 2. The van der Waals surface area contributed by atoms with Gasteiger partial charge in [0.25, 0.3) is 5.91 Å². The maximum Gasteiger partial charge on any atom is 0.262 e. The minimum atomic E-state index is -0.251. The molecule has 23 heavy (non-hydrogen) atoms. The number of aryl methyl sites for hydroxylation is 1. The molecule has 1 heterocycles. The number of oxazole rings is 1. The molecule has 1 amide bonds. The van der Waals surface area contributed by atoms with Crippen molar-refractivity contribution in [3.8, 4) is 5.75 Å². The van der Waals surface area contributed by atoms with Crippen molar-refractivity contribution in [3.05, 3.63) is 51.2 Å². The zero-order valence-corrected chi connectivity index (χ0v) is 15.3. The van der Waals surface area contributed by atoms with Crippen LogP contribution < -0.4 is 10.1 Å². The van der Waals surface area contributed by atoms with E-state index < -0.39 is 0 Å². The van der Waals surface area contributed by atoms with Crippen molar-refractivity contribution >= 4 is 54.6 Å². The van der Waals surface area contributed by atoms with E-state index in [0.717, 1.165) is 8.95 Å². The van der Waals surface area contributed by atoms with Crippen LogP contribution in [-0.4, -0.2) is 17.5 Å². The summed E-state index contributed by atoms with van der Waals surface area (Å²) in [5, 5.41) is 2.77. The van der Waals surface area contributed by atoms with Crippen LogP contribution in [0.2, 0.25) is 0 Å². The first-order valence-corrected chi connectivity index (χ1v) is 8.35. The van der Waals surface area contributed by atoms with Crippen LogP contribution in [0.4, 0.5) is 5.69 Å². The largest absolute Gasteiger partial charge is 0.483 e. The fourth-order valence-electron chi connectivity index (χ4n) is 2.05. The Labute approximate surface area is 149 Å². The van der Waals surface area contributed by atoms with Gasteiger partial charge in [-0.2, -0.15) is 0 Å². The molecule has 0 unspecified atom stereocenters. The minimum absolute atomic E-state index is 0.0872. The Morgan fingerprint density at radius 3 is 2.87 bits per heavy atom. The molecule has 5 nitrogen and oxygen atoms in total. The van der Waals surface area contributed by atoms with Crippen LogP contribution >= 0.6 is 31.9 Å². The Bertz CT molecular complexity index is 877. The van der Waals surface area contributed by atoms with Gasteiger partial charge in [-0.1, -0.05) is 15.9 Å². The van der Waals surface area contributed by atoms with Crippen LogP contribution in [-0.2, 0) is 4.79 Å². The normalized spacial score (nSPS) is 10.7. The van der Waals surface area contributed by atoms with Gasteiger partial charge in [-0.05, 0) is 52.3 Å². The van der Waals surface area contributed by atoms with Gasteiger partial charge in [0.15, 0.2) is 18.1 Å². The van der Waals surface area contributed by atoms with Crippen molar-refractivity contribution in [2.75, 3.05) is 11.9 Å². The van der Waals surface area contributed by atoms with E-state index in [-0.39, 0.29) is 12.5 Å². The minimum Gasteiger partial charge on any atom is -0.483 e. The summed E-state index contributed by atoms with van der Waals surface area (Å²) in [6, 6.07) is 10.8. The van der Waals surface area contributed by atoms with Gasteiger partial charge in [-0.15, -0.1) is 0 Å². The van der Waals surface area contributed by atoms with Gasteiger partial charge in [0, 0.05) is 17.1 Å². The highest BCUT2D eigenvalue weighted by atomic mass is 79.9. The van der Waals surface area contributed by atoms with Crippen molar-refractivity contribution in [1.82, 2.24) is 4.98 Å². The van der Waals surface area contributed by atoms with Crippen LogP contribution in [0, 0.1) is 6.92 Å². The first kappa shape index (κ1) is 16.0. The summed E-state index contributed by atoms with van der Waals surface area (Å²) >= 11 is 6.75. The molecule has 0 saturated heterocycles. The third kappa shape index (κ3) is 3.92. The predicted molar refractivity (Wildman–Crippen MR) is 94.7 cm³/mol. The van der Waals surface area contributed by atoms with E-state index in [1.807, 2.05) is 12.1 Å². The molecule has 0 bridgehead atoms. The SMILES string of the molecule is Cc1nc2cc(NC(=O)COc3ccc(Br)cc3Br)ccc2o1. The molecule has 0 aliphatic carbocycles. The summed E-state index contributed by atoms with van der Waals surface area (Å²) < 4.78 is 12.6. The lowest BCUT2D eigenvalue weighted by atomic mass is 10.3. The lowest BCUT2D eigenvalue weighted by Crippen LogP contribution is -2.20. The zero-order chi connectivity index (χ0) is 16.4. The Morgan fingerprint density at radius 2 is 2.09 bits per heavy atom. The highest BCUT2D eigenvalue weighted by Gasteiger charge is 2.08. The van der Waals surface area contributed by atoms with Crippen LogP contribution in [0.15, 0.2) is 49.8 Å². The summed E-state index contributed by atoms with van der Waals surface area (Å²) in [5.74, 6) is 0.942. The van der Waals surface area contributed by atoms with Crippen molar-refractivity contribution in [1.29, 1.82) is 0 Å². The van der Waals surface area contributed by atoms with Crippen LogP contribution in [0.25, 0.3) is 11.1 Å². The molecule has 0 aliphatic heterocycles. The molecule has 3 aromatic rings. The van der Waals surface area contributed by atoms with Gasteiger partial charge in [0.1, 0.15) is 11.3 Å². The lowest BCUT2D eigenvalue weighted by Gasteiger charge is -2.09. The van der Waals surface area contributed by atoms with Crippen LogP contribution in [0.3, 0.4) is 0 Å². The standard InChI is InChI=1S/C16H12Br2N2O3/c1-9-19-13-7-11(3-5-15(13)23-9)20-16(21)8-22-14-4-2-10(17)6-12(14)18/h2-7H,8H2,1H3,(H,20,21). The number of ether oxygens (including phenoxy) is 1. The lowest BCUT2D eigenvalue weighted by molar-refractivity contribution is -0.118. The quantitative estimate of drug-likeness (QED) is 0.641. The number of amides is 1. The van der Waals surface area contributed by atoms with Gasteiger partial charge in [0.2, 0.25) is 0 Å². The number of aromatic nitrogens is 1. The molecule has 0 fully saturated rings. The second-order valence-electron chi connectivity index (χ2n) is 4.83. The van der Waals surface area contributed by atoms with Crippen molar-refractivity contribution < 1.29 is 13.9 Å². The second-order valence-corrected chi connectivity index (χ2v) is 6.60. The molecular weight excluding hydrogens is 428 g/mol. The van der Waals surface area contributed by atoms with E-state index >= 15 is 0 Å². The molecule has 2 aromatic carbocycles. The fraction of sp³-hybridized carbons (Fsp3) is 0.125. The monoisotopic (exact) mass is 438 g/mol. The molecule has 3 rings (SSSR count). The van der Waals surface area contributed by atoms with E-state index in [1.165, 1.54) is 0 Å². The highest BCUT2D eigenvalue weighted by molar-refractivity contribution is 9.11. The molecule has 118 valence electrons. The molecule has 0 aliphatic rings. The number of anilines is 1. The zero-order valence-electron chi connectivity index (χ0n) is 12.1. The smallest absolute Gasteiger partial charge is 0.262 e. The van der Waals surface area contributed by atoms with E-state index in [0.29, 0.717) is 28.4 Å². The van der Waals surface area contributed by atoms with Gasteiger partial charge in [-0.25, -0.2) is 4.98 Å². The van der Waals surface area contributed by atoms with E-state index in [2.05, 4.69) is 42.2 Å². The first-order chi connectivity index (χ1) is 11.0. The number of benzene rings is 2. The molecule has 1 aromatic heterocycles. The molecule has 7 heteroatoms. The van der Waals surface area contributed by atoms with E-state index in [4.69, 9.17) is 9.15 Å². The molecular formula is C16H12Br2N2O3. The average Bonchev–Trinajstić information content (AvgIpc) is 2.85. The second kappa shape index (κ2) is 6.72. The number of rotatable bonds is 4. The summed E-state index contributed by atoms with van der Waals surface area (Å²) in [6.07, 6.45) is 0. The topological polar surface area (TPSA) is 64.4 Å². The fourth-order valence-corrected chi connectivity index (χ4v) is 3.21. The van der Waals surface area contributed by atoms with Crippen molar-refractivity contribution in [2.45, 2.75) is 6.92 Å². The number of nitrogens with zero attached hydrogens (tertiary/aromatic N) is 1. The van der Waals surface area contributed by atoms with Crippen LogP contribution in [0.5, 0.6) is 5.75 Å². The Kier molecular flexibility index (Phi) is 4.68. The van der Waals surface area contributed by atoms with Crippen molar-refractivity contribution in [3.63, 3.8) is 0 Å². The summed E-state index contributed by atoms with van der Waals surface area (Å²) in [6.45, 7) is 1.69. The van der Waals surface area contributed by atoms with E-state index in [1.54, 1.807) is 31.2 Å². The van der Waals surface area contributed by atoms with Gasteiger partial charge in [-0.3, -0.25) is 4.79 Å². The number of carbonyl (C=O) groups excluding carboxylic acids is 1. The number of carbonyl (C=O) groups is 1. The Hall–Kier alpha value is -1.86. The number of hydrogen-bond acceptors (Lipinski definition) is 4. The van der Waals surface area contributed by atoms with Crippen molar-refractivity contribution in [2.24, 2.45) is 0 Å². The average molecular weight is 440 g/mol. The summed E-state index contributed by atoms with van der Waals surface area (Å²) in [4.78, 5) is 16.2. The summed E-state index contributed by atoms with van der Waals surface area (Å²) in [7, 11) is 0. The van der Waals surface area contributed by atoms with Gasteiger partial charge >= 0.3 is 0 Å². The predicted octanol–water partition coefficient (Wildman–Crippen LogP) is 4.68. The molecule has 1 N–H and O–H groups in total. The number of fused-ring (bicyclic) bond motifs is 1. The number of hydrogen-bond donors (Lipinski definition) is 1. The molecule has 0 atom stereocenters. The van der Waals surface area contributed by atoms with Gasteiger partial charge in [0.05, 0.1) is 4.47 Å². The molecule has 0 spiro atoms. The summed E-state index contributed by atoms with van der Waals surface area (Å²) in [5.41, 5.74) is 2.04.